The third-order valence-corrected chi connectivity index (χ3v) is 6.27. The molecule has 3 aromatic rings. The molecule has 10 heteroatoms. The first-order valence-electron chi connectivity index (χ1n) is 10.5. The van der Waals surface area contributed by atoms with Crippen LogP contribution in [-0.2, 0) is 16.1 Å². The molecule has 1 aliphatic rings. The predicted molar refractivity (Wildman–Crippen MR) is 131 cm³/mol. The van der Waals surface area contributed by atoms with Crippen molar-refractivity contribution in [1.82, 2.24) is 4.90 Å². The average Bonchev–Trinajstić information content (AvgIpc) is 3.14. The van der Waals surface area contributed by atoms with Crippen LogP contribution in [0.4, 0.5) is 20.6 Å². The molecule has 4 rings (SSSR count). The standard InChI is InChI=1S/C25H20Cl2FN3O4/c1-35-19-9-2-15(3-10-19)14-30(25(34)29-17-6-11-20(26)21(27)12-17)22-13-23(32)31(24(22)33)18-7-4-16(28)5-8-18/h2-12,22H,13-14H2,1H3,(H,29,34)/t22-/m1/s1. The molecule has 0 unspecified atom stereocenters. The quantitative estimate of drug-likeness (QED) is 0.439. The van der Waals surface area contributed by atoms with Gasteiger partial charge < -0.3 is 15.0 Å². The molecule has 0 radical (unpaired) electrons. The first-order chi connectivity index (χ1) is 16.8. The Bertz CT molecular complexity index is 1270. The lowest BCUT2D eigenvalue weighted by Crippen LogP contribution is -2.46. The number of nitrogens with one attached hydrogen (secondary N) is 1. The van der Waals surface area contributed by atoms with E-state index in [1.807, 2.05) is 0 Å². The molecular weight excluding hydrogens is 496 g/mol. The molecule has 1 fully saturated rings. The largest absolute Gasteiger partial charge is 0.497 e. The van der Waals surface area contributed by atoms with Crippen LogP contribution in [0.3, 0.4) is 0 Å². The van der Waals surface area contributed by atoms with Gasteiger partial charge >= 0.3 is 6.03 Å². The number of ether oxygens (including phenoxy) is 1. The number of methoxy groups -OCH3 is 1. The number of hydrogen-bond donors (Lipinski definition) is 1. The van der Waals surface area contributed by atoms with Crippen molar-refractivity contribution in [2.24, 2.45) is 0 Å². The summed E-state index contributed by atoms with van der Waals surface area (Å²) < 4.78 is 18.5. The van der Waals surface area contributed by atoms with E-state index in [1.165, 1.54) is 29.2 Å². The fourth-order valence-corrected chi connectivity index (χ4v) is 4.04. The number of amides is 4. The number of carbonyl (C=O) groups excluding carboxylic acids is 3. The molecule has 3 aromatic carbocycles. The molecule has 0 saturated carbocycles. The molecule has 1 heterocycles. The third kappa shape index (κ3) is 5.39. The van der Waals surface area contributed by atoms with Crippen molar-refractivity contribution >= 4 is 52.4 Å². The number of imide groups is 1. The number of benzene rings is 3. The maximum Gasteiger partial charge on any atom is 0.322 e. The van der Waals surface area contributed by atoms with Crippen molar-refractivity contribution in [3.05, 3.63) is 88.2 Å². The highest BCUT2D eigenvalue weighted by molar-refractivity contribution is 6.42. The predicted octanol–water partition coefficient (Wildman–Crippen LogP) is 5.51. The van der Waals surface area contributed by atoms with Gasteiger partial charge in [-0.25, -0.2) is 14.1 Å². The molecule has 7 nitrogen and oxygen atoms in total. The Balaban J connectivity index is 1.63. The van der Waals surface area contributed by atoms with Gasteiger partial charge in [0.1, 0.15) is 17.6 Å². The van der Waals surface area contributed by atoms with E-state index in [2.05, 4.69) is 5.32 Å². The van der Waals surface area contributed by atoms with E-state index in [-0.39, 0.29) is 23.7 Å². The van der Waals surface area contributed by atoms with Gasteiger partial charge in [0.2, 0.25) is 5.91 Å². The Morgan fingerprint density at radius 1 is 1.06 bits per heavy atom. The van der Waals surface area contributed by atoms with Crippen molar-refractivity contribution in [2.75, 3.05) is 17.3 Å². The van der Waals surface area contributed by atoms with E-state index in [0.29, 0.717) is 16.5 Å². The molecule has 0 bridgehead atoms. The Kier molecular flexibility index (Phi) is 7.23. The summed E-state index contributed by atoms with van der Waals surface area (Å²) in [5.74, 6) is -0.935. The zero-order chi connectivity index (χ0) is 25.1. The van der Waals surface area contributed by atoms with Crippen molar-refractivity contribution in [3.8, 4) is 5.75 Å². The molecule has 0 aliphatic carbocycles. The zero-order valence-electron chi connectivity index (χ0n) is 18.5. The van der Waals surface area contributed by atoms with Crippen LogP contribution in [0.2, 0.25) is 10.0 Å². The summed E-state index contributed by atoms with van der Waals surface area (Å²) in [5.41, 5.74) is 1.32. The topological polar surface area (TPSA) is 79.0 Å². The van der Waals surface area contributed by atoms with Crippen LogP contribution in [0, 0.1) is 5.82 Å². The monoisotopic (exact) mass is 515 g/mol. The van der Waals surface area contributed by atoms with Crippen LogP contribution in [-0.4, -0.2) is 35.9 Å². The van der Waals surface area contributed by atoms with Crippen LogP contribution >= 0.6 is 23.2 Å². The van der Waals surface area contributed by atoms with Gasteiger partial charge in [-0.2, -0.15) is 0 Å². The van der Waals surface area contributed by atoms with Gasteiger partial charge in [0, 0.05) is 12.2 Å². The molecule has 0 aromatic heterocycles. The van der Waals surface area contributed by atoms with E-state index in [0.717, 1.165) is 22.6 Å². The van der Waals surface area contributed by atoms with Gasteiger partial charge in [0.15, 0.2) is 0 Å². The van der Waals surface area contributed by atoms with Gasteiger partial charge in [0.25, 0.3) is 5.91 Å². The Morgan fingerprint density at radius 2 is 1.74 bits per heavy atom. The summed E-state index contributed by atoms with van der Waals surface area (Å²) in [6.45, 7) is 0.0398. The third-order valence-electron chi connectivity index (χ3n) is 5.53. The zero-order valence-corrected chi connectivity index (χ0v) is 20.0. The van der Waals surface area contributed by atoms with Crippen LogP contribution in [0.15, 0.2) is 66.7 Å². The van der Waals surface area contributed by atoms with Gasteiger partial charge in [-0.05, 0) is 60.2 Å². The summed E-state index contributed by atoms with van der Waals surface area (Å²) in [4.78, 5) is 41.7. The van der Waals surface area contributed by atoms with Crippen LogP contribution in [0.1, 0.15) is 12.0 Å². The maximum absolute atomic E-state index is 13.4. The molecule has 180 valence electrons. The first kappa shape index (κ1) is 24.5. The van der Waals surface area contributed by atoms with Crippen molar-refractivity contribution in [1.29, 1.82) is 0 Å². The number of nitrogens with zero attached hydrogens (tertiary/aromatic N) is 2. The Labute approximate surface area is 211 Å². The number of rotatable bonds is 6. The van der Waals surface area contributed by atoms with E-state index in [1.54, 1.807) is 37.4 Å². The highest BCUT2D eigenvalue weighted by Crippen LogP contribution is 2.29. The number of hydrogen-bond acceptors (Lipinski definition) is 4. The van der Waals surface area contributed by atoms with Crippen LogP contribution in [0.5, 0.6) is 5.75 Å². The number of halogens is 3. The lowest BCUT2D eigenvalue weighted by Gasteiger charge is -2.28. The lowest BCUT2D eigenvalue weighted by molar-refractivity contribution is -0.122. The number of urea groups is 1. The van der Waals surface area contributed by atoms with E-state index in [9.17, 15) is 18.8 Å². The highest BCUT2D eigenvalue weighted by atomic mass is 35.5. The maximum atomic E-state index is 13.4. The molecule has 4 amide bonds. The minimum atomic E-state index is -1.07. The fourth-order valence-electron chi connectivity index (χ4n) is 3.74. The number of carbonyl (C=O) groups is 3. The second-order valence-electron chi connectivity index (χ2n) is 7.80. The van der Waals surface area contributed by atoms with Crippen LogP contribution < -0.4 is 15.0 Å². The van der Waals surface area contributed by atoms with Crippen molar-refractivity contribution in [2.45, 2.75) is 19.0 Å². The summed E-state index contributed by atoms with van der Waals surface area (Å²) >= 11 is 12.0. The van der Waals surface area contributed by atoms with E-state index < -0.39 is 29.7 Å². The van der Waals surface area contributed by atoms with E-state index in [4.69, 9.17) is 27.9 Å². The fraction of sp³-hybridized carbons (Fsp3) is 0.160. The normalized spacial score (nSPS) is 15.3. The SMILES string of the molecule is COc1ccc(CN(C(=O)Nc2ccc(Cl)c(Cl)c2)[C@@H]2CC(=O)N(c3ccc(F)cc3)C2=O)cc1. The van der Waals surface area contributed by atoms with Crippen molar-refractivity contribution in [3.63, 3.8) is 0 Å². The van der Waals surface area contributed by atoms with Gasteiger partial charge in [-0.1, -0.05) is 35.3 Å². The molecule has 1 aliphatic heterocycles. The first-order valence-corrected chi connectivity index (χ1v) is 11.3. The summed E-state index contributed by atoms with van der Waals surface area (Å²) in [6.07, 6.45) is -0.221. The minimum Gasteiger partial charge on any atom is -0.497 e. The molecule has 1 atom stereocenters. The highest BCUT2D eigenvalue weighted by Gasteiger charge is 2.44. The Morgan fingerprint density at radius 3 is 2.37 bits per heavy atom. The second-order valence-corrected chi connectivity index (χ2v) is 8.61. The average molecular weight is 516 g/mol. The molecule has 1 N–H and O–H groups in total. The van der Waals surface area contributed by atoms with Crippen LogP contribution in [0.25, 0.3) is 0 Å². The molecular formula is C25H20Cl2FN3O4. The second kappa shape index (κ2) is 10.3. The minimum absolute atomic E-state index is 0.0398. The molecule has 35 heavy (non-hydrogen) atoms. The smallest absolute Gasteiger partial charge is 0.322 e. The summed E-state index contributed by atoms with van der Waals surface area (Å²) in [5, 5.41) is 3.29. The lowest BCUT2D eigenvalue weighted by atomic mass is 10.1. The van der Waals surface area contributed by atoms with Gasteiger partial charge in [-0.3, -0.25) is 9.59 Å². The summed E-state index contributed by atoms with van der Waals surface area (Å²) in [6, 6.07) is 14.9. The summed E-state index contributed by atoms with van der Waals surface area (Å²) in [7, 11) is 1.54. The molecule has 1 saturated heterocycles. The van der Waals surface area contributed by atoms with Gasteiger partial charge in [-0.15, -0.1) is 0 Å². The van der Waals surface area contributed by atoms with Gasteiger partial charge in [0.05, 0.1) is 29.3 Å². The molecule has 0 spiro atoms. The Hall–Kier alpha value is -3.62. The number of anilines is 2. The van der Waals surface area contributed by atoms with Crippen molar-refractivity contribution < 1.29 is 23.5 Å². The van der Waals surface area contributed by atoms with E-state index >= 15 is 0 Å².